The highest BCUT2D eigenvalue weighted by Gasteiger charge is 2.24. The van der Waals surface area contributed by atoms with E-state index in [1.165, 1.54) is 16.8 Å². The Morgan fingerprint density at radius 3 is 2.54 bits per heavy atom. The van der Waals surface area contributed by atoms with Gasteiger partial charge in [-0.1, -0.05) is 17.7 Å². The van der Waals surface area contributed by atoms with Crippen molar-refractivity contribution in [3.63, 3.8) is 0 Å². The lowest BCUT2D eigenvalue weighted by atomic mass is 10.2. The van der Waals surface area contributed by atoms with Crippen molar-refractivity contribution in [1.29, 1.82) is 0 Å². The zero-order valence-corrected chi connectivity index (χ0v) is 15.1. The molecule has 0 aliphatic carbocycles. The van der Waals surface area contributed by atoms with E-state index < -0.39 is 11.7 Å². The predicted octanol–water partition coefficient (Wildman–Crippen LogP) is 3.46. The molecule has 2 amide bonds. The number of nitrogens with zero attached hydrogens (tertiary/aromatic N) is 3. The van der Waals surface area contributed by atoms with Crippen molar-refractivity contribution in [3.8, 4) is 0 Å². The lowest BCUT2D eigenvalue weighted by molar-refractivity contribution is -0.119. The summed E-state index contributed by atoms with van der Waals surface area (Å²) in [4.78, 5) is 30.5. The number of hydrogen-bond acceptors (Lipinski definition) is 3. The fourth-order valence-electron chi connectivity index (χ4n) is 1.88. The molecule has 0 saturated carbocycles. The average Bonchev–Trinajstić information content (AvgIpc) is 2.46. The molecular weight excluding hydrogens is 330 g/mol. The maximum absolute atomic E-state index is 12.6. The maximum atomic E-state index is 12.6. The number of halogens is 1. The summed E-state index contributed by atoms with van der Waals surface area (Å²) < 4.78 is 5.23. The van der Waals surface area contributed by atoms with Crippen molar-refractivity contribution in [3.05, 3.63) is 40.7 Å². The number of hydrogen-bond donors (Lipinski definition) is 0. The van der Waals surface area contributed by atoms with Crippen LogP contribution in [-0.4, -0.2) is 49.2 Å². The molecule has 1 aromatic carbocycles. The molecule has 0 aliphatic rings. The van der Waals surface area contributed by atoms with Gasteiger partial charge in [-0.05, 0) is 39.0 Å². The van der Waals surface area contributed by atoms with Crippen LogP contribution in [-0.2, 0) is 9.53 Å². The van der Waals surface area contributed by atoms with Gasteiger partial charge in [-0.3, -0.25) is 4.79 Å². The zero-order chi connectivity index (χ0) is 18.3. The first kappa shape index (κ1) is 19.8. The lowest BCUT2D eigenvalue weighted by Crippen LogP contribution is -2.43. The molecule has 6 nitrogen and oxygen atoms in total. The molecule has 0 aliphatic heterocycles. The molecule has 0 fully saturated rings. The minimum absolute atomic E-state index is 0.153. The third-order valence-electron chi connectivity index (χ3n) is 2.93. The van der Waals surface area contributed by atoms with Crippen molar-refractivity contribution in [2.75, 3.05) is 31.6 Å². The average molecular weight is 352 g/mol. The van der Waals surface area contributed by atoms with Gasteiger partial charge in [-0.25, -0.2) is 11.4 Å². The molecule has 1 aromatic rings. The molecule has 24 heavy (non-hydrogen) atoms. The Hall–Kier alpha value is -2.26. The standard InChI is InChI=1S/C17H22ClN3O3/c1-17(2,3)24-16(23)20(5)12-15(22)21(10-9-19-4)14-8-6-7-13(18)11-14/h6-8,11H,9-10,12H2,1-3,5H3. The molecule has 0 unspecified atom stereocenters. The molecule has 130 valence electrons. The zero-order valence-electron chi connectivity index (χ0n) is 14.4. The topological polar surface area (TPSA) is 54.2 Å². The van der Waals surface area contributed by atoms with E-state index in [0.29, 0.717) is 10.7 Å². The first-order chi connectivity index (χ1) is 11.1. The predicted molar refractivity (Wildman–Crippen MR) is 94.1 cm³/mol. The van der Waals surface area contributed by atoms with E-state index in [1.807, 2.05) is 0 Å². The molecule has 0 bridgehead atoms. The van der Waals surface area contributed by atoms with E-state index in [-0.39, 0.29) is 25.5 Å². The molecule has 0 saturated heterocycles. The highest BCUT2D eigenvalue weighted by molar-refractivity contribution is 6.30. The fraction of sp³-hybridized carbons (Fsp3) is 0.471. The second kappa shape index (κ2) is 8.55. The highest BCUT2D eigenvalue weighted by atomic mass is 35.5. The molecule has 0 aromatic heterocycles. The van der Waals surface area contributed by atoms with Crippen LogP contribution in [0.5, 0.6) is 0 Å². The number of ether oxygens (including phenoxy) is 1. The van der Waals surface area contributed by atoms with Gasteiger partial charge in [0.25, 0.3) is 0 Å². The highest BCUT2D eigenvalue weighted by Crippen LogP contribution is 2.20. The quantitative estimate of drug-likeness (QED) is 0.763. The van der Waals surface area contributed by atoms with Crippen LogP contribution in [0.2, 0.25) is 5.02 Å². The minimum atomic E-state index is -0.634. The second-order valence-corrected chi connectivity index (χ2v) is 6.68. The van der Waals surface area contributed by atoms with Gasteiger partial charge in [0.1, 0.15) is 12.1 Å². The van der Waals surface area contributed by atoms with E-state index in [1.54, 1.807) is 45.0 Å². The van der Waals surface area contributed by atoms with Crippen molar-refractivity contribution in [1.82, 2.24) is 4.90 Å². The molecule has 1 rings (SSSR count). The fourth-order valence-corrected chi connectivity index (χ4v) is 2.07. The molecular formula is C17H22ClN3O3. The van der Waals surface area contributed by atoms with Crippen LogP contribution in [0.25, 0.3) is 4.85 Å². The van der Waals surface area contributed by atoms with Crippen molar-refractivity contribution < 1.29 is 14.3 Å². The Labute approximate surface area is 147 Å². The monoisotopic (exact) mass is 351 g/mol. The van der Waals surface area contributed by atoms with E-state index in [4.69, 9.17) is 22.9 Å². The minimum Gasteiger partial charge on any atom is -0.444 e. The van der Waals surface area contributed by atoms with Crippen LogP contribution in [0.4, 0.5) is 10.5 Å². The number of carbonyl (C=O) groups excluding carboxylic acids is 2. The number of amides is 2. The molecule has 0 heterocycles. The Morgan fingerprint density at radius 2 is 2.00 bits per heavy atom. The van der Waals surface area contributed by atoms with Crippen LogP contribution in [0, 0.1) is 6.57 Å². The SMILES string of the molecule is [C-]#[N+]CCN(C(=O)CN(C)C(=O)OC(C)(C)C)c1cccc(Cl)c1. The summed E-state index contributed by atoms with van der Waals surface area (Å²) in [5.74, 6) is -0.311. The smallest absolute Gasteiger partial charge is 0.410 e. The Balaban J connectivity index is 2.85. The van der Waals surface area contributed by atoms with Crippen LogP contribution >= 0.6 is 11.6 Å². The Kier molecular flexibility index (Phi) is 7.05. The summed E-state index contributed by atoms with van der Waals surface area (Å²) in [5, 5.41) is 0.494. The summed E-state index contributed by atoms with van der Waals surface area (Å²) in [6.07, 6.45) is -0.577. The normalized spacial score (nSPS) is 10.7. The summed E-state index contributed by atoms with van der Waals surface area (Å²) in [5.41, 5.74) is -0.0424. The van der Waals surface area contributed by atoms with Gasteiger partial charge in [0.05, 0.1) is 6.54 Å². The van der Waals surface area contributed by atoms with Crippen LogP contribution in [0.1, 0.15) is 20.8 Å². The third kappa shape index (κ3) is 6.47. The molecule has 0 N–H and O–H groups in total. The van der Waals surface area contributed by atoms with E-state index in [9.17, 15) is 9.59 Å². The Bertz CT molecular complexity index is 635. The van der Waals surface area contributed by atoms with E-state index in [0.717, 1.165) is 0 Å². The largest absolute Gasteiger partial charge is 0.444 e. The van der Waals surface area contributed by atoms with Gasteiger partial charge in [0.2, 0.25) is 12.5 Å². The summed E-state index contributed by atoms with van der Waals surface area (Å²) in [7, 11) is 1.50. The van der Waals surface area contributed by atoms with Crippen molar-refractivity contribution in [2.24, 2.45) is 0 Å². The molecule has 0 atom stereocenters. The molecule has 0 radical (unpaired) electrons. The van der Waals surface area contributed by atoms with Gasteiger partial charge in [0.15, 0.2) is 0 Å². The van der Waals surface area contributed by atoms with Crippen molar-refractivity contribution >= 4 is 29.3 Å². The van der Waals surface area contributed by atoms with Gasteiger partial charge < -0.3 is 19.4 Å². The van der Waals surface area contributed by atoms with E-state index in [2.05, 4.69) is 4.85 Å². The van der Waals surface area contributed by atoms with Crippen LogP contribution in [0.15, 0.2) is 24.3 Å². The number of anilines is 1. The first-order valence-corrected chi connectivity index (χ1v) is 7.85. The van der Waals surface area contributed by atoms with Gasteiger partial charge in [0, 0.05) is 17.8 Å². The number of benzene rings is 1. The van der Waals surface area contributed by atoms with Gasteiger partial charge in [-0.15, -0.1) is 0 Å². The first-order valence-electron chi connectivity index (χ1n) is 7.47. The van der Waals surface area contributed by atoms with E-state index >= 15 is 0 Å². The van der Waals surface area contributed by atoms with Gasteiger partial charge >= 0.3 is 6.09 Å². The van der Waals surface area contributed by atoms with Crippen LogP contribution in [0.3, 0.4) is 0 Å². The number of carbonyl (C=O) groups is 2. The summed E-state index contributed by atoms with van der Waals surface area (Å²) in [6, 6.07) is 6.82. The van der Waals surface area contributed by atoms with Gasteiger partial charge in [-0.2, -0.15) is 0 Å². The third-order valence-corrected chi connectivity index (χ3v) is 3.17. The van der Waals surface area contributed by atoms with Crippen LogP contribution < -0.4 is 4.90 Å². The lowest BCUT2D eigenvalue weighted by Gasteiger charge is -2.27. The number of rotatable bonds is 5. The van der Waals surface area contributed by atoms with Crippen molar-refractivity contribution in [2.45, 2.75) is 26.4 Å². The maximum Gasteiger partial charge on any atom is 0.410 e. The second-order valence-electron chi connectivity index (χ2n) is 6.24. The Morgan fingerprint density at radius 1 is 1.33 bits per heavy atom. The molecule has 7 heteroatoms. The molecule has 0 spiro atoms. The summed E-state index contributed by atoms with van der Waals surface area (Å²) in [6.45, 7) is 12.4. The summed E-state index contributed by atoms with van der Waals surface area (Å²) >= 11 is 5.97. The number of likely N-dealkylation sites (N-methyl/N-ethyl adjacent to an activating group) is 1.